The lowest BCUT2D eigenvalue weighted by Gasteiger charge is -2.42. The quantitative estimate of drug-likeness (QED) is 0.0184. The zero-order valence-electron chi connectivity index (χ0n) is 25.6. The Kier molecular flexibility index (Phi) is 13.4. The molecule has 2 heterocycles. The number of β-lactam (4-membered cyclic amide) rings is 1. The number of carboxylic acid groups (broad SMARTS) is 1. The van der Waals surface area contributed by atoms with Gasteiger partial charge in [0.25, 0.3) is 17.5 Å². The smallest absolute Gasteiger partial charge is 0.362 e. The molecular formula is C24H30N10O13S2. The van der Waals surface area contributed by atoms with E-state index in [0.717, 1.165) is 11.3 Å². The molecule has 3 rings (SSSR count). The van der Waals surface area contributed by atoms with Crippen molar-refractivity contribution in [3.63, 3.8) is 0 Å². The average molecular weight is 731 g/mol. The fraction of sp³-hybridized carbons (Fsp3) is 0.417. The summed E-state index contributed by atoms with van der Waals surface area (Å²) in [6.45, 7) is 2.68. The number of aliphatic hydroxyl groups is 2. The van der Waals surface area contributed by atoms with Crippen LogP contribution in [0.5, 0.6) is 0 Å². The highest BCUT2D eigenvalue weighted by Gasteiger charge is 2.51. The number of hydrogen-bond acceptors (Lipinski definition) is 16. The lowest BCUT2D eigenvalue weighted by Crippen LogP contribution is -2.71. The van der Waals surface area contributed by atoms with Crippen molar-refractivity contribution in [3.05, 3.63) is 61.5 Å². The molecule has 1 aromatic carbocycles. The maximum atomic E-state index is 12.6. The van der Waals surface area contributed by atoms with Crippen LogP contribution in [0.3, 0.4) is 0 Å². The number of hydrogen-bond donors (Lipinski definition) is 7. The molecule has 1 aliphatic heterocycles. The number of nitro benzene ring substituents is 1. The van der Waals surface area contributed by atoms with E-state index in [1.54, 1.807) is 0 Å². The molecule has 1 aliphatic rings. The van der Waals surface area contributed by atoms with Crippen molar-refractivity contribution in [3.8, 4) is 0 Å². The highest BCUT2D eigenvalue weighted by atomic mass is 32.2. The standard InChI is InChI=1S/C13H17N5O8S2.C11H13N5O5/c1-5-7(10(20)18(5)28(23,24)25)16-9(19)8(6-4-27-12(14)15-6)17-26-13(2,3)11(21)22;12-15-13-5-10(18)14-9(6-17)11(19)7-1-3-8(4-2-7)16(20)21/h4-5,7H,1-3H3,(H2,14,15)(H,16,19)(H,21,22)(H,23,24,25);1-4,9,11,17,19H,5-6H2,(H,14,18)/b17-8+;/t5-,7-;9-,11-/m01/s1. The Bertz CT molecular complexity index is 1760. The van der Waals surface area contributed by atoms with Crippen LogP contribution >= 0.6 is 11.3 Å². The number of nitro groups is 1. The number of carboxylic acids is 1. The van der Waals surface area contributed by atoms with Crippen molar-refractivity contribution in [2.45, 2.75) is 50.6 Å². The van der Waals surface area contributed by atoms with Gasteiger partial charge in [-0.15, -0.1) is 11.3 Å². The molecule has 0 unspecified atom stereocenters. The first-order chi connectivity index (χ1) is 22.7. The molecule has 2 aromatic rings. The molecule has 25 heteroatoms. The van der Waals surface area contributed by atoms with Crippen molar-refractivity contribution in [1.82, 2.24) is 19.9 Å². The van der Waals surface area contributed by atoms with Crippen LogP contribution in [0.1, 0.15) is 38.1 Å². The number of aliphatic hydroxyl groups excluding tert-OH is 2. The van der Waals surface area contributed by atoms with Crippen molar-refractivity contribution in [1.29, 1.82) is 0 Å². The SMILES string of the molecule is C[C@H]1[C@H](NC(=O)/C(=N/OC(C)(C)C(=O)O)c2csc(N)n2)C(=O)N1S(=O)(=O)O.[N-]=[N+]=NCC(=O)N[C@H](CO)[C@H](O)c1ccc([N+](=O)[O-])cc1. The molecule has 1 saturated heterocycles. The molecule has 0 saturated carbocycles. The lowest BCUT2D eigenvalue weighted by molar-refractivity contribution is -0.384. The summed E-state index contributed by atoms with van der Waals surface area (Å²) in [7, 11) is -4.76. The van der Waals surface area contributed by atoms with Gasteiger partial charge < -0.3 is 36.5 Å². The second-order valence-corrected chi connectivity index (χ2v) is 12.4. The van der Waals surface area contributed by atoms with Gasteiger partial charge in [0.15, 0.2) is 10.8 Å². The first-order valence-electron chi connectivity index (χ1n) is 13.4. The van der Waals surface area contributed by atoms with Crippen molar-refractivity contribution in [2.24, 2.45) is 10.3 Å². The summed E-state index contributed by atoms with van der Waals surface area (Å²) in [6, 6.07) is 1.72. The Morgan fingerprint density at radius 3 is 2.37 bits per heavy atom. The van der Waals surface area contributed by atoms with Gasteiger partial charge in [0.2, 0.25) is 11.5 Å². The second-order valence-electron chi connectivity index (χ2n) is 10.3. The Labute approximate surface area is 280 Å². The van der Waals surface area contributed by atoms with Crippen molar-refractivity contribution < 1.29 is 57.2 Å². The van der Waals surface area contributed by atoms with Crippen molar-refractivity contribution >= 4 is 61.9 Å². The molecule has 3 amide bonds. The molecule has 0 spiro atoms. The van der Waals surface area contributed by atoms with Gasteiger partial charge in [0, 0.05) is 22.4 Å². The maximum Gasteiger partial charge on any atom is 0.362 e. The number of amides is 3. The summed E-state index contributed by atoms with van der Waals surface area (Å²) in [5.41, 5.74) is 11.5. The molecule has 1 fully saturated rings. The maximum absolute atomic E-state index is 12.6. The van der Waals surface area contributed by atoms with Gasteiger partial charge in [-0.3, -0.25) is 29.1 Å². The number of thiazole rings is 1. The van der Waals surface area contributed by atoms with Gasteiger partial charge in [0.05, 0.1) is 23.6 Å². The number of rotatable bonds is 14. The van der Waals surface area contributed by atoms with Crippen LogP contribution < -0.4 is 16.4 Å². The Morgan fingerprint density at radius 2 is 1.92 bits per heavy atom. The second kappa shape index (κ2) is 16.6. The van der Waals surface area contributed by atoms with E-state index >= 15 is 0 Å². The molecule has 4 atom stereocenters. The van der Waals surface area contributed by atoms with E-state index in [-0.39, 0.29) is 20.8 Å². The monoisotopic (exact) mass is 730 g/mol. The molecule has 0 aliphatic carbocycles. The lowest BCUT2D eigenvalue weighted by atomic mass is 10.0. The van der Waals surface area contributed by atoms with Crippen LogP contribution in [-0.2, 0) is 34.3 Å². The number of aromatic nitrogens is 1. The number of azide groups is 1. The van der Waals surface area contributed by atoms with E-state index in [2.05, 4.69) is 30.8 Å². The summed E-state index contributed by atoms with van der Waals surface area (Å²) in [6.07, 6.45) is -1.26. The number of benzene rings is 1. The third-order valence-corrected chi connectivity index (χ3v) is 8.06. The number of aliphatic carboxylic acids is 1. The predicted octanol–water partition coefficient (Wildman–Crippen LogP) is -0.757. The molecule has 1 aromatic heterocycles. The molecule has 0 bridgehead atoms. The number of non-ortho nitro benzene ring substituents is 1. The summed E-state index contributed by atoms with van der Waals surface area (Å²) in [5, 5.41) is 51.4. The third-order valence-electron chi connectivity index (χ3n) is 6.38. The summed E-state index contributed by atoms with van der Waals surface area (Å²) >= 11 is 0.980. The van der Waals surface area contributed by atoms with E-state index in [1.807, 2.05) is 0 Å². The Morgan fingerprint density at radius 1 is 1.31 bits per heavy atom. The molecule has 49 heavy (non-hydrogen) atoms. The number of nitrogen functional groups attached to an aromatic ring is 1. The van der Waals surface area contributed by atoms with Crippen LogP contribution in [0.4, 0.5) is 10.8 Å². The van der Waals surface area contributed by atoms with Crippen LogP contribution in [-0.4, -0.2) is 109 Å². The van der Waals surface area contributed by atoms with E-state index in [4.69, 9.17) is 25.8 Å². The van der Waals surface area contributed by atoms with E-state index < -0.39 is 87.6 Å². The number of nitrogens with two attached hydrogens (primary N) is 1. The van der Waals surface area contributed by atoms with Crippen LogP contribution in [0.2, 0.25) is 0 Å². The fourth-order valence-electron chi connectivity index (χ4n) is 3.71. The highest BCUT2D eigenvalue weighted by Crippen LogP contribution is 2.24. The first-order valence-corrected chi connectivity index (χ1v) is 15.7. The minimum atomic E-state index is -4.76. The number of carbonyl (C=O) groups is 4. The minimum Gasteiger partial charge on any atom is -0.478 e. The van der Waals surface area contributed by atoms with Crippen LogP contribution in [0, 0.1) is 10.1 Å². The topological polar surface area (TPSA) is 363 Å². The third kappa shape index (κ3) is 10.5. The normalized spacial score (nSPS) is 17.2. The van der Waals surface area contributed by atoms with Gasteiger partial charge in [0.1, 0.15) is 24.4 Å². The number of oxime groups is 1. The first kappa shape index (κ1) is 39.7. The highest BCUT2D eigenvalue weighted by molar-refractivity contribution is 7.84. The summed E-state index contributed by atoms with van der Waals surface area (Å²) < 4.78 is 31.4. The van der Waals surface area contributed by atoms with Crippen LogP contribution in [0.25, 0.3) is 10.4 Å². The van der Waals surface area contributed by atoms with Crippen LogP contribution in [0.15, 0.2) is 39.9 Å². The zero-order valence-corrected chi connectivity index (χ0v) is 27.2. The van der Waals surface area contributed by atoms with Gasteiger partial charge in [-0.05, 0) is 44.0 Å². The Hall–Kier alpha value is -5.46. The number of nitrogens with one attached hydrogen (secondary N) is 2. The number of carbonyl (C=O) groups excluding carboxylic acids is 3. The van der Waals surface area contributed by atoms with E-state index in [9.17, 15) is 47.9 Å². The minimum absolute atomic E-state index is 0.0350. The summed E-state index contributed by atoms with van der Waals surface area (Å²) in [4.78, 5) is 68.1. The van der Waals surface area contributed by atoms with Gasteiger partial charge in [-0.25, -0.2) is 14.1 Å². The average Bonchev–Trinajstić information content (AvgIpc) is 3.46. The summed E-state index contributed by atoms with van der Waals surface area (Å²) in [5.74, 6) is -4.04. The predicted molar refractivity (Wildman–Crippen MR) is 167 cm³/mol. The number of nitrogens with zero attached hydrogens (tertiary/aromatic N) is 7. The van der Waals surface area contributed by atoms with Gasteiger partial charge >= 0.3 is 16.3 Å². The molecule has 8 N–H and O–H groups in total. The van der Waals surface area contributed by atoms with Gasteiger partial charge in [-0.1, -0.05) is 10.3 Å². The van der Waals surface area contributed by atoms with E-state index in [0.29, 0.717) is 5.56 Å². The fourth-order valence-corrected chi connectivity index (χ4v) is 5.14. The molecular weight excluding hydrogens is 700 g/mol. The van der Waals surface area contributed by atoms with Crippen molar-refractivity contribution in [2.75, 3.05) is 18.9 Å². The number of anilines is 1. The molecule has 23 nitrogen and oxygen atoms in total. The van der Waals surface area contributed by atoms with E-state index in [1.165, 1.54) is 50.4 Å². The van der Waals surface area contributed by atoms with Gasteiger partial charge in [-0.2, -0.15) is 8.42 Å². The largest absolute Gasteiger partial charge is 0.478 e. The molecule has 266 valence electrons. The zero-order chi connectivity index (χ0) is 37.3. The Balaban J connectivity index is 0.000000355. The molecule has 0 radical (unpaired) electrons.